The SMILES string of the molecule is C=CCC1C(=O)/C(=C/c2ccc(C)cc2)C(=O)NC1=S. The summed E-state index contributed by atoms with van der Waals surface area (Å²) < 4.78 is 0. The van der Waals surface area contributed by atoms with Crippen molar-refractivity contribution in [3.05, 3.63) is 53.6 Å². The summed E-state index contributed by atoms with van der Waals surface area (Å²) in [5, 5.41) is 2.58. The van der Waals surface area contributed by atoms with Gasteiger partial charge in [0.2, 0.25) is 0 Å². The molecule has 1 atom stereocenters. The number of allylic oxidation sites excluding steroid dienone is 1. The van der Waals surface area contributed by atoms with E-state index < -0.39 is 11.8 Å². The lowest BCUT2D eigenvalue weighted by molar-refractivity contribution is -0.124. The Morgan fingerprint density at radius 3 is 2.55 bits per heavy atom. The van der Waals surface area contributed by atoms with Crippen LogP contribution < -0.4 is 5.32 Å². The number of nitrogens with one attached hydrogen (secondary N) is 1. The van der Waals surface area contributed by atoms with Gasteiger partial charge in [0.1, 0.15) is 0 Å². The molecule has 1 N–H and O–H groups in total. The Hall–Kier alpha value is -2.07. The molecule has 1 heterocycles. The summed E-state index contributed by atoms with van der Waals surface area (Å²) in [5.74, 6) is -1.16. The molecule has 20 heavy (non-hydrogen) atoms. The number of thiocarbonyl (C=S) groups is 1. The van der Waals surface area contributed by atoms with Crippen LogP contribution >= 0.6 is 12.2 Å². The lowest BCUT2D eigenvalue weighted by Crippen LogP contribution is -2.46. The maximum Gasteiger partial charge on any atom is 0.259 e. The normalized spacial score (nSPS) is 20.9. The standard InChI is InChI=1S/C16H15NO2S/c1-3-4-12-14(18)13(15(19)17-16(12)20)9-11-7-5-10(2)6-8-11/h3,5-9,12H,1,4H2,2H3,(H,17,19,20)/b13-9-. The molecule has 1 aliphatic rings. The fourth-order valence-corrected chi connectivity index (χ4v) is 2.33. The van der Waals surface area contributed by atoms with Crippen molar-refractivity contribution in [3.8, 4) is 0 Å². The Bertz CT molecular complexity index is 614. The molecule has 0 saturated carbocycles. The molecule has 1 saturated heterocycles. The number of hydrogen-bond donors (Lipinski definition) is 1. The average Bonchev–Trinajstić information content (AvgIpc) is 2.41. The third kappa shape index (κ3) is 2.91. The van der Waals surface area contributed by atoms with E-state index in [9.17, 15) is 9.59 Å². The minimum absolute atomic E-state index is 0.148. The van der Waals surface area contributed by atoms with Crippen LogP contribution in [0, 0.1) is 12.8 Å². The maximum absolute atomic E-state index is 12.3. The van der Waals surface area contributed by atoms with Crippen LogP contribution in [-0.4, -0.2) is 16.7 Å². The van der Waals surface area contributed by atoms with Gasteiger partial charge in [0.25, 0.3) is 5.91 Å². The van der Waals surface area contributed by atoms with Crippen molar-refractivity contribution in [3.63, 3.8) is 0 Å². The Morgan fingerprint density at radius 1 is 1.30 bits per heavy atom. The molecule has 2 rings (SSSR count). The Kier molecular flexibility index (Phi) is 4.25. The second-order valence-corrected chi connectivity index (χ2v) is 5.17. The predicted octanol–water partition coefficient (Wildman–Crippen LogP) is 2.60. The van der Waals surface area contributed by atoms with E-state index in [2.05, 4.69) is 11.9 Å². The molecule has 1 aromatic rings. The zero-order chi connectivity index (χ0) is 14.7. The molecular formula is C16H15NO2S. The molecule has 1 fully saturated rings. The number of carbonyl (C=O) groups excluding carboxylic acids is 2. The number of hydrogen-bond acceptors (Lipinski definition) is 3. The first-order valence-electron chi connectivity index (χ1n) is 6.31. The van der Waals surface area contributed by atoms with Gasteiger partial charge in [-0.25, -0.2) is 0 Å². The van der Waals surface area contributed by atoms with E-state index in [-0.39, 0.29) is 16.3 Å². The van der Waals surface area contributed by atoms with Crippen LogP contribution in [0.1, 0.15) is 17.5 Å². The molecule has 4 heteroatoms. The number of rotatable bonds is 3. The molecule has 1 unspecified atom stereocenters. The first-order valence-corrected chi connectivity index (χ1v) is 6.72. The Labute approximate surface area is 123 Å². The monoisotopic (exact) mass is 285 g/mol. The van der Waals surface area contributed by atoms with Crippen molar-refractivity contribution in [1.29, 1.82) is 0 Å². The summed E-state index contributed by atoms with van der Waals surface area (Å²) in [4.78, 5) is 24.5. The molecular weight excluding hydrogens is 270 g/mol. The van der Waals surface area contributed by atoms with E-state index in [0.717, 1.165) is 11.1 Å². The smallest absolute Gasteiger partial charge is 0.259 e. The lowest BCUT2D eigenvalue weighted by atomic mass is 9.89. The highest BCUT2D eigenvalue weighted by molar-refractivity contribution is 7.80. The molecule has 0 aromatic heterocycles. The van der Waals surface area contributed by atoms with E-state index in [0.29, 0.717) is 6.42 Å². The van der Waals surface area contributed by atoms with Crippen LogP contribution in [0.5, 0.6) is 0 Å². The first kappa shape index (κ1) is 14.3. The highest BCUT2D eigenvalue weighted by Gasteiger charge is 2.34. The van der Waals surface area contributed by atoms with Gasteiger partial charge in [-0.2, -0.15) is 0 Å². The van der Waals surface area contributed by atoms with Crippen LogP contribution in [0.15, 0.2) is 42.5 Å². The summed E-state index contributed by atoms with van der Waals surface area (Å²) in [7, 11) is 0. The molecule has 0 aliphatic carbocycles. The minimum atomic E-state index is -0.489. The average molecular weight is 285 g/mol. The van der Waals surface area contributed by atoms with Crippen LogP contribution in [0.4, 0.5) is 0 Å². The van der Waals surface area contributed by atoms with Gasteiger partial charge in [0.15, 0.2) is 5.78 Å². The number of carbonyl (C=O) groups is 2. The van der Waals surface area contributed by atoms with Crippen molar-refractivity contribution < 1.29 is 9.59 Å². The fourth-order valence-electron chi connectivity index (χ4n) is 2.03. The van der Waals surface area contributed by atoms with Crippen molar-refractivity contribution in [2.24, 2.45) is 5.92 Å². The van der Waals surface area contributed by atoms with Gasteiger partial charge in [0, 0.05) is 0 Å². The van der Waals surface area contributed by atoms with Gasteiger partial charge in [-0.1, -0.05) is 48.1 Å². The summed E-state index contributed by atoms with van der Waals surface area (Å²) in [6.45, 7) is 5.60. The molecule has 1 amide bonds. The number of benzene rings is 1. The van der Waals surface area contributed by atoms with E-state index in [1.807, 2.05) is 31.2 Å². The van der Waals surface area contributed by atoms with Crippen LogP contribution in [0.3, 0.4) is 0 Å². The Morgan fingerprint density at radius 2 is 1.95 bits per heavy atom. The zero-order valence-electron chi connectivity index (χ0n) is 11.2. The predicted molar refractivity (Wildman–Crippen MR) is 83.2 cm³/mol. The molecule has 0 bridgehead atoms. The number of aryl methyl sites for hydroxylation is 1. The number of Topliss-reactive ketones (excluding diaryl/α,β-unsaturated/α-hetero) is 1. The third-order valence-electron chi connectivity index (χ3n) is 3.17. The van der Waals surface area contributed by atoms with Gasteiger partial charge in [-0.15, -0.1) is 6.58 Å². The number of ketones is 1. The molecule has 102 valence electrons. The highest BCUT2D eigenvalue weighted by Crippen LogP contribution is 2.21. The van der Waals surface area contributed by atoms with Crippen LogP contribution in [0.25, 0.3) is 6.08 Å². The van der Waals surface area contributed by atoms with Crippen molar-refractivity contribution in [2.45, 2.75) is 13.3 Å². The van der Waals surface area contributed by atoms with Crippen molar-refractivity contribution in [1.82, 2.24) is 5.32 Å². The fraction of sp³-hybridized carbons (Fsp3) is 0.188. The Balaban J connectivity index is 2.36. The summed E-state index contributed by atoms with van der Waals surface area (Å²) in [6, 6.07) is 7.61. The molecule has 0 radical (unpaired) electrons. The lowest BCUT2D eigenvalue weighted by Gasteiger charge is -2.23. The molecule has 1 aromatic carbocycles. The molecule has 3 nitrogen and oxygen atoms in total. The van der Waals surface area contributed by atoms with Crippen molar-refractivity contribution >= 4 is 35.0 Å². The van der Waals surface area contributed by atoms with E-state index >= 15 is 0 Å². The largest absolute Gasteiger partial charge is 0.316 e. The minimum Gasteiger partial charge on any atom is -0.316 e. The number of amides is 1. The molecule has 0 spiro atoms. The maximum atomic E-state index is 12.3. The molecule has 1 aliphatic heterocycles. The van der Waals surface area contributed by atoms with Crippen molar-refractivity contribution in [2.75, 3.05) is 0 Å². The van der Waals surface area contributed by atoms with Gasteiger partial charge >= 0.3 is 0 Å². The second-order valence-electron chi connectivity index (χ2n) is 4.73. The van der Waals surface area contributed by atoms with E-state index in [4.69, 9.17) is 12.2 Å². The topological polar surface area (TPSA) is 46.2 Å². The quantitative estimate of drug-likeness (QED) is 0.402. The van der Waals surface area contributed by atoms with Gasteiger partial charge in [-0.05, 0) is 25.0 Å². The van der Waals surface area contributed by atoms with Crippen LogP contribution in [0.2, 0.25) is 0 Å². The summed E-state index contributed by atoms with van der Waals surface area (Å²) >= 11 is 5.05. The van der Waals surface area contributed by atoms with E-state index in [1.54, 1.807) is 12.2 Å². The summed E-state index contributed by atoms with van der Waals surface area (Å²) in [5.41, 5.74) is 2.09. The van der Waals surface area contributed by atoms with Gasteiger partial charge in [0.05, 0.1) is 16.5 Å². The first-order chi connectivity index (χ1) is 9.52. The van der Waals surface area contributed by atoms with Gasteiger partial charge < -0.3 is 5.32 Å². The zero-order valence-corrected chi connectivity index (χ0v) is 12.0. The van der Waals surface area contributed by atoms with E-state index in [1.165, 1.54) is 0 Å². The second kappa shape index (κ2) is 5.92. The van der Waals surface area contributed by atoms with Gasteiger partial charge in [-0.3, -0.25) is 9.59 Å². The van der Waals surface area contributed by atoms with Crippen LogP contribution in [-0.2, 0) is 9.59 Å². The third-order valence-corrected chi connectivity index (χ3v) is 3.56. The summed E-state index contributed by atoms with van der Waals surface area (Å²) in [6.07, 6.45) is 3.67. The highest BCUT2D eigenvalue weighted by atomic mass is 32.1. The number of piperidine rings is 1.